The van der Waals surface area contributed by atoms with Crippen LogP contribution in [0.1, 0.15) is 42.7 Å². The maximum Gasteiger partial charge on any atom is 0.332 e. The smallest absolute Gasteiger partial charge is 0.332 e. The van der Waals surface area contributed by atoms with Crippen LogP contribution in [-0.2, 0) is 44.6 Å². The van der Waals surface area contributed by atoms with E-state index in [9.17, 15) is 19.2 Å². The highest BCUT2D eigenvalue weighted by Gasteiger charge is 2.64. The maximum atomic E-state index is 14.0. The summed E-state index contributed by atoms with van der Waals surface area (Å²) >= 11 is 3.35. The predicted molar refractivity (Wildman–Crippen MR) is 191 cm³/mol. The number of ketones is 1. The van der Waals surface area contributed by atoms with Crippen LogP contribution < -0.4 is 15.8 Å². The largest absolute Gasteiger partial charge is 0.485 e. The van der Waals surface area contributed by atoms with Crippen molar-refractivity contribution in [1.29, 1.82) is 0 Å². The zero-order valence-corrected chi connectivity index (χ0v) is 31.3. The number of benzene rings is 1. The molecule has 0 spiro atoms. The van der Waals surface area contributed by atoms with Crippen LogP contribution in [0.15, 0.2) is 34.9 Å². The third-order valence-corrected chi connectivity index (χ3v) is 10.7. The lowest BCUT2D eigenvalue weighted by Crippen LogP contribution is -2.47. The van der Waals surface area contributed by atoms with Crippen molar-refractivity contribution >= 4 is 56.2 Å². The number of nitrogens with two attached hydrogens (primary N) is 1. The minimum absolute atomic E-state index is 0.0604. The molecule has 3 aromatic rings. The summed E-state index contributed by atoms with van der Waals surface area (Å²) in [6.45, 7) is 6.72. The highest BCUT2D eigenvalue weighted by molar-refractivity contribution is 9.10. The van der Waals surface area contributed by atoms with Gasteiger partial charge < -0.3 is 44.4 Å². The highest BCUT2D eigenvalue weighted by atomic mass is 79.9. The number of halogens is 1. The number of pyridine rings is 1. The van der Waals surface area contributed by atoms with Crippen LogP contribution in [0.4, 0.5) is 5.82 Å². The molecule has 5 heterocycles. The summed E-state index contributed by atoms with van der Waals surface area (Å²) in [6.07, 6.45) is -0.754. The fraction of sp³-hybridized carbons (Fsp3) is 0.556. The van der Waals surface area contributed by atoms with Crippen molar-refractivity contribution in [2.45, 2.75) is 76.7 Å². The molecule has 3 aliphatic heterocycles. The summed E-state index contributed by atoms with van der Waals surface area (Å²) in [6, 6.07) is 8.13. The van der Waals surface area contributed by atoms with Crippen LogP contribution in [0.25, 0.3) is 10.9 Å². The molecule has 3 N–H and O–H groups in total. The Morgan fingerprint density at radius 2 is 1.79 bits per heavy atom. The SMILES string of the molecule is CC(=O)c1nn(CC(=O)N2[C@H](C(=O)Nc3nc(Br)ccc3C)C[C@@]3(C)C[C@@H]23)c2ccc(O[C@@H]3CO[C@H]4[C@@H]3OC[C@H]4OC(=O)COCCOCCN)cc12. The van der Waals surface area contributed by atoms with Gasteiger partial charge in [-0.15, -0.1) is 0 Å². The number of nitrogens with zero attached hydrogens (tertiary/aromatic N) is 4. The quantitative estimate of drug-likeness (QED) is 0.0984. The number of likely N-dealkylation sites (tertiary alicyclic amines) is 1. The number of amides is 2. The number of ether oxygens (including phenoxy) is 6. The van der Waals surface area contributed by atoms with Crippen molar-refractivity contribution in [1.82, 2.24) is 19.7 Å². The van der Waals surface area contributed by atoms with Gasteiger partial charge in [0.2, 0.25) is 11.8 Å². The number of rotatable bonds is 15. The molecule has 284 valence electrons. The van der Waals surface area contributed by atoms with Gasteiger partial charge in [-0.2, -0.15) is 5.10 Å². The van der Waals surface area contributed by atoms with Gasteiger partial charge in [0.1, 0.15) is 53.3 Å². The van der Waals surface area contributed by atoms with Gasteiger partial charge >= 0.3 is 5.97 Å². The van der Waals surface area contributed by atoms with Crippen molar-refractivity contribution in [2.24, 2.45) is 11.1 Å². The van der Waals surface area contributed by atoms with Crippen molar-refractivity contribution in [2.75, 3.05) is 51.5 Å². The molecular weight excluding hydrogens is 756 g/mol. The van der Waals surface area contributed by atoms with Gasteiger partial charge in [0.15, 0.2) is 18.0 Å². The van der Waals surface area contributed by atoms with E-state index in [1.54, 1.807) is 29.2 Å². The third-order valence-electron chi connectivity index (χ3n) is 10.3. The molecule has 2 amide bonds. The number of carbonyl (C=O) groups excluding carboxylic acids is 4. The van der Waals surface area contributed by atoms with E-state index in [0.29, 0.717) is 53.3 Å². The molecule has 2 aromatic heterocycles. The first-order valence-corrected chi connectivity index (χ1v) is 18.5. The number of Topliss-reactive ketones (excluding diaryl/α,β-unsaturated/α-hetero) is 1. The molecule has 1 aliphatic carbocycles. The number of hydrogen-bond acceptors (Lipinski definition) is 13. The van der Waals surface area contributed by atoms with Gasteiger partial charge in [-0.1, -0.05) is 13.0 Å². The lowest BCUT2D eigenvalue weighted by atomic mass is 10.0. The summed E-state index contributed by atoms with van der Waals surface area (Å²) in [7, 11) is 0. The molecule has 0 radical (unpaired) electrons. The molecule has 0 bridgehead atoms. The van der Waals surface area contributed by atoms with Gasteiger partial charge in [0, 0.05) is 24.9 Å². The van der Waals surface area contributed by atoms with E-state index in [0.717, 1.165) is 12.0 Å². The van der Waals surface area contributed by atoms with Crippen LogP contribution in [0.3, 0.4) is 0 Å². The van der Waals surface area contributed by atoms with E-state index < -0.39 is 36.4 Å². The van der Waals surface area contributed by atoms with Gasteiger partial charge in [0.05, 0.1) is 38.6 Å². The molecule has 7 rings (SSSR count). The van der Waals surface area contributed by atoms with E-state index >= 15 is 0 Å². The maximum absolute atomic E-state index is 14.0. The summed E-state index contributed by atoms with van der Waals surface area (Å²) in [5.41, 5.74) is 6.81. The second-order valence-corrected chi connectivity index (χ2v) is 15.0. The Balaban J connectivity index is 0.999. The zero-order chi connectivity index (χ0) is 37.4. The summed E-state index contributed by atoms with van der Waals surface area (Å²) in [5.74, 6) is -0.471. The molecule has 16 nitrogen and oxygen atoms in total. The Morgan fingerprint density at radius 3 is 2.57 bits per heavy atom. The van der Waals surface area contributed by atoms with E-state index in [-0.39, 0.29) is 67.7 Å². The second kappa shape index (κ2) is 15.4. The van der Waals surface area contributed by atoms with Crippen molar-refractivity contribution < 1.29 is 47.6 Å². The molecular formula is C36H43BrN6O10. The van der Waals surface area contributed by atoms with Gasteiger partial charge in [-0.3, -0.25) is 19.1 Å². The van der Waals surface area contributed by atoms with Crippen LogP contribution in [0.2, 0.25) is 0 Å². The van der Waals surface area contributed by atoms with Gasteiger partial charge in [-0.05, 0) is 70.9 Å². The first-order valence-electron chi connectivity index (χ1n) is 17.7. The Hall–Kier alpha value is -4.00. The number of fused-ring (bicyclic) bond motifs is 3. The number of aromatic nitrogens is 3. The lowest BCUT2D eigenvalue weighted by Gasteiger charge is -2.27. The Bertz CT molecular complexity index is 1910. The molecule has 0 unspecified atom stereocenters. The van der Waals surface area contributed by atoms with Crippen molar-refractivity contribution in [3.05, 3.63) is 46.2 Å². The Morgan fingerprint density at radius 1 is 1.04 bits per heavy atom. The summed E-state index contributed by atoms with van der Waals surface area (Å²) in [5, 5.41) is 7.99. The zero-order valence-electron chi connectivity index (χ0n) is 29.7. The van der Waals surface area contributed by atoms with Crippen molar-refractivity contribution in [3.63, 3.8) is 0 Å². The molecule has 4 fully saturated rings. The first-order chi connectivity index (χ1) is 25.5. The van der Waals surface area contributed by atoms with E-state index in [2.05, 4.69) is 38.3 Å². The molecule has 1 aromatic carbocycles. The number of nitrogens with one attached hydrogen (secondary N) is 1. The van der Waals surface area contributed by atoms with Crippen molar-refractivity contribution in [3.8, 4) is 5.75 Å². The summed E-state index contributed by atoms with van der Waals surface area (Å²) in [4.78, 5) is 58.7. The predicted octanol–water partition coefficient (Wildman–Crippen LogP) is 2.17. The molecule has 7 atom stereocenters. The molecule has 17 heteroatoms. The molecule has 4 aliphatic rings. The minimum atomic E-state index is -0.668. The van der Waals surface area contributed by atoms with Crippen LogP contribution >= 0.6 is 15.9 Å². The Labute approximate surface area is 314 Å². The normalized spacial score (nSPS) is 27.1. The molecule has 53 heavy (non-hydrogen) atoms. The highest BCUT2D eigenvalue weighted by Crippen LogP contribution is 2.59. The number of esters is 1. The first kappa shape index (κ1) is 37.3. The minimum Gasteiger partial charge on any atom is -0.485 e. The topological polar surface area (TPSA) is 196 Å². The van der Waals surface area contributed by atoms with E-state index in [1.807, 2.05) is 13.0 Å². The average molecular weight is 800 g/mol. The number of aryl methyl sites for hydroxylation is 1. The van der Waals surface area contributed by atoms with Crippen LogP contribution in [0.5, 0.6) is 5.75 Å². The van der Waals surface area contributed by atoms with E-state index in [4.69, 9.17) is 34.2 Å². The molecule has 3 saturated heterocycles. The number of carbonyl (C=O) groups is 4. The van der Waals surface area contributed by atoms with E-state index in [1.165, 1.54) is 11.6 Å². The number of anilines is 1. The monoisotopic (exact) mass is 798 g/mol. The Kier molecular flexibility index (Phi) is 10.8. The fourth-order valence-corrected chi connectivity index (χ4v) is 7.79. The fourth-order valence-electron chi connectivity index (χ4n) is 7.48. The third kappa shape index (κ3) is 7.82. The molecule has 1 saturated carbocycles. The van der Waals surface area contributed by atoms with Crippen LogP contribution in [0, 0.1) is 12.3 Å². The van der Waals surface area contributed by atoms with Gasteiger partial charge in [-0.25, -0.2) is 9.78 Å². The van der Waals surface area contributed by atoms with Gasteiger partial charge in [0.25, 0.3) is 0 Å². The summed E-state index contributed by atoms with van der Waals surface area (Å²) < 4.78 is 36.3. The average Bonchev–Trinajstić information content (AvgIpc) is 3.53. The second-order valence-electron chi connectivity index (χ2n) is 14.2. The number of piperidine rings is 1. The lowest BCUT2D eigenvalue weighted by molar-refractivity contribution is -0.159. The standard InChI is InChI=1S/C36H43BrN6O10/c1-19-4-7-28(37)39-34(19)40-35(47)24-13-36(3)14-27(36)43(24)29(45)15-42-23-6-5-21(12-22(23)31(41-42)20(2)44)52-25-16-50-33-26(17-51-32(25)33)53-30(46)18-49-11-10-48-9-8-38/h4-7,12,24-27,32-33H,8-11,13-18,38H2,1-3H3,(H,39,40,47)/t24-,25+,26+,27+,32+,33+,36-/m0/s1. The van der Waals surface area contributed by atoms with Crippen LogP contribution in [-0.4, -0.2) is 126 Å². The number of hydrogen-bond donors (Lipinski definition) is 2.